The van der Waals surface area contributed by atoms with Gasteiger partial charge in [-0.2, -0.15) is 0 Å². The summed E-state index contributed by atoms with van der Waals surface area (Å²) in [7, 11) is 1.57. The summed E-state index contributed by atoms with van der Waals surface area (Å²) in [4.78, 5) is 1.92. The van der Waals surface area contributed by atoms with Gasteiger partial charge in [0.25, 0.3) is 0 Å². The van der Waals surface area contributed by atoms with Crippen LogP contribution >= 0.6 is 22.9 Å². The molecule has 166 valence electrons. The molecule has 3 rings (SSSR count). The fraction of sp³-hybridized carbons (Fsp3) is 0.545. The lowest BCUT2D eigenvalue weighted by Gasteiger charge is -2.47. The van der Waals surface area contributed by atoms with E-state index in [4.69, 9.17) is 21.1 Å². The molecule has 0 saturated carbocycles. The molecule has 1 fully saturated rings. The van der Waals surface area contributed by atoms with Crippen molar-refractivity contribution in [2.75, 3.05) is 7.11 Å². The summed E-state index contributed by atoms with van der Waals surface area (Å²) in [6, 6.07) is 7.52. The Labute approximate surface area is 185 Å². The molecule has 6 nitrogen and oxygen atoms in total. The van der Waals surface area contributed by atoms with E-state index in [1.807, 2.05) is 18.2 Å². The van der Waals surface area contributed by atoms with Gasteiger partial charge in [-0.05, 0) is 55.7 Å². The van der Waals surface area contributed by atoms with Crippen LogP contribution in [0, 0.1) is 0 Å². The molecule has 0 amide bonds. The second kappa shape index (κ2) is 9.22. The predicted octanol–water partition coefficient (Wildman–Crippen LogP) is 2.91. The van der Waals surface area contributed by atoms with Crippen LogP contribution in [-0.2, 0) is 28.1 Å². The van der Waals surface area contributed by atoms with Gasteiger partial charge in [0.15, 0.2) is 0 Å². The molecule has 0 radical (unpaired) electrons. The molecule has 0 aliphatic carbocycles. The highest BCUT2D eigenvalue weighted by molar-refractivity contribution is 7.12. The van der Waals surface area contributed by atoms with Gasteiger partial charge in [0.2, 0.25) is 0 Å². The standard InChI is InChI=1S/C22H29ClO6S/c1-11(24)18-6-5-15(30-18)7-13-8-16(14(10-28-4)9-17(13)23)22(3)21(27)20(26)19(25)12(2)29-22/h5-6,8-9,11-12,19-21,24-27H,7,10H2,1-4H3/t11?,12-,19-,20+,21-,22+/m1/s1. The van der Waals surface area contributed by atoms with Gasteiger partial charge in [0.1, 0.15) is 23.9 Å². The van der Waals surface area contributed by atoms with Crippen molar-refractivity contribution in [1.82, 2.24) is 0 Å². The molecule has 1 aromatic heterocycles. The topological polar surface area (TPSA) is 99.4 Å². The lowest BCUT2D eigenvalue weighted by atomic mass is 9.79. The summed E-state index contributed by atoms with van der Waals surface area (Å²) in [5, 5.41) is 41.6. The molecule has 2 heterocycles. The first kappa shape index (κ1) is 23.6. The van der Waals surface area contributed by atoms with Gasteiger partial charge in [-0.15, -0.1) is 11.3 Å². The van der Waals surface area contributed by atoms with E-state index in [0.29, 0.717) is 17.0 Å². The molecule has 4 N–H and O–H groups in total. The van der Waals surface area contributed by atoms with Crippen LogP contribution in [0.2, 0.25) is 5.02 Å². The van der Waals surface area contributed by atoms with Gasteiger partial charge < -0.3 is 29.9 Å². The smallest absolute Gasteiger partial charge is 0.120 e. The van der Waals surface area contributed by atoms with Crippen LogP contribution in [0.1, 0.15) is 53.3 Å². The zero-order valence-corrected chi connectivity index (χ0v) is 19.1. The molecular formula is C22H29ClO6S. The molecule has 1 aliphatic heterocycles. The van der Waals surface area contributed by atoms with Crippen molar-refractivity contribution in [2.24, 2.45) is 0 Å². The molecule has 1 unspecified atom stereocenters. The summed E-state index contributed by atoms with van der Waals surface area (Å²) >= 11 is 8.08. The second-order valence-electron chi connectivity index (χ2n) is 8.05. The van der Waals surface area contributed by atoms with Crippen molar-refractivity contribution in [1.29, 1.82) is 0 Å². The highest BCUT2D eigenvalue weighted by Gasteiger charge is 2.51. The Morgan fingerprint density at radius 3 is 2.50 bits per heavy atom. The lowest BCUT2D eigenvalue weighted by Crippen LogP contribution is -2.61. The van der Waals surface area contributed by atoms with Gasteiger partial charge in [-0.3, -0.25) is 0 Å². The normalized spacial score (nSPS) is 30.4. The van der Waals surface area contributed by atoms with Crippen LogP contribution in [0.3, 0.4) is 0 Å². The number of methoxy groups -OCH3 is 1. The van der Waals surface area contributed by atoms with Crippen LogP contribution in [0.4, 0.5) is 0 Å². The van der Waals surface area contributed by atoms with E-state index in [-0.39, 0.29) is 6.61 Å². The third kappa shape index (κ3) is 4.45. The van der Waals surface area contributed by atoms with Gasteiger partial charge in [0.05, 0.1) is 18.8 Å². The van der Waals surface area contributed by atoms with E-state index in [1.165, 1.54) is 11.3 Å². The molecule has 30 heavy (non-hydrogen) atoms. The van der Waals surface area contributed by atoms with E-state index < -0.39 is 36.1 Å². The van der Waals surface area contributed by atoms with Crippen molar-refractivity contribution in [3.8, 4) is 0 Å². The maximum absolute atomic E-state index is 10.8. The average Bonchev–Trinajstić information content (AvgIpc) is 3.16. The van der Waals surface area contributed by atoms with E-state index in [2.05, 4.69) is 0 Å². The van der Waals surface area contributed by atoms with E-state index in [9.17, 15) is 20.4 Å². The zero-order valence-electron chi connectivity index (χ0n) is 17.5. The minimum Gasteiger partial charge on any atom is -0.388 e. The van der Waals surface area contributed by atoms with Crippen LogP contribution in [0.15, 0.2) is 24.3 Å². The number of hydrogen-bond donors (Lipinski definition) is 4. The monoisotopic (exact) mass is 456 g/mol. The molecule has 1 aromatic carbocycles. The third-order valence-electron chi connectivity index (χ3n) is 5.72. The molecule has 0 spiro atoms. The van der Waals surface area contributed by atoms with Crippen LogP contribution in [-0.4, -0.2) is 52.0 Å². The first-order valence-corrected chi connectivity index (χ1v) is 11.1. The Bertz CT molecular complexity index is 885. The molecule has 8 heteroatoms. The van der Waals surface area contributed by atoms with Crippen LogP contribution in [0.5, 0.6) is 0 Å². The fourth-order valence-electron chi connectivity index (χ4n) is 3.97. The summed E-state index contributed by atoms with van der Waals surface area (Å²) < 4.78 is 11.4. The highest BCUT2D eigenvalue weighted by atomic mass is 35.5. The summed E-state index contributed by atoms with van der Waals surface area (Å²) in [6.07, 6.45) is -4.53. The number of ether oxygens (including phenoxy) is 2. The van der Waals surface area contributed by atoms with E-state index in [1.54, 1.807) is 33.9 Å². The van der Waals surface area contributed by atoms with Crippen molar-refractivity contribution >= 4 is 22.9 Å². The Balaban J connectivity index is 2.04. The molecule has 6 atom stereocenters. The molecular weight excluding hydrogens is 428 g/mol. The summed E-state index contributed by atoms with van der Waals surface area (Å²) in [5.41, 5.74) is 0.961. The average molecular weight is 457 g/mol. The van der Waals surface area contributed by atoms with Crippen molar-refractivity contribution < 1.29 is 29.9 Å². The summed E-state index contributed by atoms with van der Waals surface area (Å²) in [5.74, 6) is 0. The number of aliphatic hydroxyl groups excluding tert-OH is 4. The Hall–Kier alpha value is -1.03. The number of halogens is 1. The van der Waals surface area contributed by atoms with E-state index in [0.717, 1.165) is 20.9 Å². The Morgan fingerprint density at radius 2 is 1.90 bits per heavy atom. The largest absolute Gasteiger partial charge is 0.388 e. The maximum Gasteiger partial charge on any atom is 0.120 e. The molecule has 1 aliphatic rings. The second-order valence-corrected chi connectivity index (χ2v) is 9.65. The van der Waals surface area contributed by atoms with Gasteiger partial charge >= 0.3 is 0 Å². The Kier molecular flexibility index (Phi) is 7.26. The molecule has 1 saturated heterocycles. The first-order valence-electron chi connectivity index (χ1n) is 9.87. The minimum atomic E-state index is -1.35. The zero-order chi connectivity index (χ0) is 22.2. The van der Waals surface area contributed by atoms with Crippen molar-refractivity contribution in [3.63, 3.8) is 0 Å². The number of rotatable bonds is 6. The lowest BCUT2D eigenvalue weighted by molar-refractivity contribution is -0.263. The number of aliphatic hydroxyl groups is 4. The number of benzene rings is 1. The quantitative estimate of drug-likeness (QED) is 0.533. The SMILES string of the molecule is COCc1cc(Cl)c(Cc2ccc(C(C)O)s2)cc1[C@]1(C)O[C@H](C)[C@@H](O)[C@H](O)[C@H]1O. The van der Waals surface area contributed by atoms with Gasteiger partial charge in [-0.25, -0.2) is 0 Å². The van der Waals surface area contributed by atoms with Gasteiger partial charge in [0, 0.05) is 28.3 Å². The number of thiophene rings is 1. The highest BCUT2D eigenvalue weighted by Crippen LogP contribution is 2.42. The van der Waals surface area contributed by atoms with E-state index >= 15 is 0 Å². The van der Waals surface area contributed by atoms with Gasteiger partial charge in [-0.1, -0.05) is 17.7 Å². The predicted molar refractivity (Wildman–Crippen MR) is 116 cm³/mol. The number of hydrogen-bond acceptors (Lipinski definition) is 7. The van der Waals surface area contributed by atoms with Crippen molar-refractivity contribution in [2.45, 2.75) is 69.9 Å². The van der Waals surface area contributed by atoms with Crippen LogP contribution in [0.25, 0.3) is 0 Å². The first-order chi connectivity index (χ1) is 14.1. The Morgan fingerprint density at radius 1 is 1.20 bits per heavy atom. The minimum absolute atomic E-state index is 0.249. The maximum atomic E-state index is 10.8. The summed E-state index contributed by atoms with van der Waals surface area (Å²) in [6.45, 7) is 5.34. The molecule has 2 aromatic rings. The fourth-order valence-corrected chi connectivity index (χ4v) is 5.20. The van der Waals surface area contributed by atoms with Crippen molar-refractivity contribution in [3.05, 3.63) is 55.7 Å². The third-order valence-corrected chi connectivity index (χ3v) is 7.32. The van der Waals surface area contributed by atoms with Crippen LogP contribution < -0.4 is 0 Å². The molecule has 0 bridgehead atoms.